The minimum Gasteiger partial charge on any atom is -0.391 e. The lowest BCUT2D eigenvalue weighted by molar-refractivity contribution is -0.126. The van der Waals surface area contributed by atoms with Crippen LogP contribution in [0.4, 0.5) is 24.7 Å². The zero-order valence-electron chi connectivity index (χ0n) is 23.7. The van der Waals surface area contributed by atoms with Crippen LogP contribution >= 0.6 is 23.7 Å². The normalized spacial score (nSPS) is 18.9. The molecule has 1 aliphatic carbocycles. The van der Waals surface area contributed by atoms with Crippen LogP contribution in [0.25, 0.3) is 21.3 Å². The summed E-state index contributed by atoms with van der Waals surface area (Å²) in [6.07, 6.45) is -2.26. The Bertz CT molecular complexity index is 1670. The van der Waals surface area contributed by atoms with Gasteiger partial charge in [0.05, 0.1) is 35.9 Å². The first-order valence-electron chi connectivity index (χ1n) is 13.4. The monoisotopic (exact) mass is 655 g/mol. The average Bonchev–Trinajstić information content (AvgIpc) is 3.52. The third-order valence-electron chi connectivity index (χ3n) is 7.65. The first kappa shape index (κ1) is 32.9. The molecule has 0 amide bonds. The number of hydrogen-bond donors (Lipinski definition) is 2. The van der Waals surface area contributed by atoms with Crippen LogP contribution in [0, 0.1) is 0 Å². The van der Waals surface area contributed by atoms with Gasteiger partial charge in [0.1, 0.15) is 17.0 Å². The van der Waals surface area contributed by atoms with Crippen molar-refractivity contribution in [1.82, 2.24) is 15.3 Å². The van der Waals surface area contributed by atoms with Crippen molar-refractivity contribution >= 4 is 55.5 Å². The number of rotatable bonds is 9. The highest BCUT2D eigenvalue weighted by Gasteiger charge is 2.37. The second-order valence-electron chi connectivity index (χ2n) is 10.7. The zero-order valence-corrected chi connectivity index (χ0v) is 26.2. The number of thiophene rings is 1. The number of aliphatic hydroxyl groups is 1. The number of benzene rings is 2. The molecule has 43 heavy (non-hydrogen) atoms. The number of halogens is 4. The van der Waals surface area contributed by atoms with Crippen molar-refractivity contribution in [3.8, 4) is 11.1 Å². The van der Waals surface area contributed by atoms with Crippen molar-refractivity contribution < 1.29 is 26.7 Å². The van der Waals surface area contributed by atoms with E-state index in [4.69, 9.17) is 0 Å². The van der Waals surface area contributed by atoms with Crippen LogP contribution in [0.3, 0.4) is 0 Å². The van der Waals surface area contributed by atoms with E-state index in [9.17, 15) is 26.7 Å². The highest BCUT2D eigenvalue weighted by Crippen LogP contribution is 2.36. The standard InChI is InChI=1S/C29H32F3N5O3S2.ClH/c1-36(27-24-14-23(15-29(30,31)32)41-28(24)35-17-34-27)25-12-21(13-26(25)38)33-16-18-7-9-19(10-8-18)20-5-4-6-22(11-20)37(2)42(3,39)40;/h4-11,14,17,21,25-26,33,38H,12-13,15-16H2,1-3H3;1H/t21-,25+,26-;/m1./s1. The molecule has 8 nitrogen and oxygen atoms in total. The predicted molar refractivity (Wildman–Crippen MR) is 168 cm³/mol. The van der Waals surface area contributed by atoms with Gasteiger partial charge in [-0.25, -0.2) is 18.4 Å². The van der Waals surface area contributed by atoms with Gasteiger partial charge in [0.2, 0.25) is 10.0 Å². The van der Waals surface area contributed by atoms with Gasteiger partial charge in [-0.15, -0.1) is 23.7 Å². The summed E-state index contributed by atoms with van der Waals surface area (Å²) in [6.45, 7) is 0.591. The number of hydrogen-bond acceptors (Lipinski definition) is 8. The van der Waals surface area contributed by atoms with Crippen LogP contribution in [0.1, 0.15) is 23.3 Å². The number of fused-ring (bicyclic) bond motifs is 1. The molecule has 1 aliphatic rings. The summed E-state index contributed by atoms with van der Waals surface area (Å²) in [5.74, 6) is 0.511. The Hall–Kier alpha value is -2.97. The smallest absolute Gasteiger partial charge is 0.391 e. The summed E-state index contributed by atoms with van der Waals surface area (Å²) in [6, 6.07) is 16.6. The number of anilines is 2. The van der Waals surface area contributed by atoms with E-state index < -0.39 is 28.7 Å². The molecule has 0 bridgehead atoms. The number of aromatic nitrogens is 2. The second-order valence-corrected chi connectivity index (χ2v) is 13.8. The van der Waals surface area contributed by atoms with E-state index in [1.165, 1.54) is 30.0 Å². The van der Waals surface area contributed by atoms with Crippen LogP contribution in [0.15, 0.2) is 60.9 Å². The van der Waals surface area contributed by atoms with Crippen LogP contribution in [-0.4, -0.2) is 68.2 Å². The summed E-state index contributed by atoms with van der Waals surface area (Å²) >= 11 is 1.01. The van der Waals surface area contributed by atoms with Crippen LogP contribution in [-0.2, 0) is 23.0 Å². The number of sulfonamides is 1. The van der Waals surface area contributed by atoms with Gasteiger partial charge in [-0.1, -0.05) is 36.4 Å². The molecule has 5 rings (SSSR count). The van der Waals surface area contributed by atoms with Gasteiger partial charge in [0, 0.05) is 31.6 Å². The van der Waals surface area contributed by atoms with Gasteiger partial charge in [0.25, 0.3) is 0 Å². The molecule has 2 aromatic carbocycles. The average molecular weight is 656 g/mol. The second kappa shape index (κ2) is 12.9. The minimum absolute atomic E-state index is 0. The molecular formula is C29H33ClF3N5O3S2. The Morgan fingerprint density at radius 1 is 1.05 bits per heavy atom. The molecule has 0 saturated heterocycles. The maximum atomic E-state index is 12.9. The lowest BCUT2D eigenvalue weighted by Crippen LogP contribution is -2.38. The van der Waals surface area contributed by atoms with E-state index in [0.29, 0.717) is 41.1 Å². The van der Waals surface area contributed by atoms with E-state index in [2.05, 4.69) is 15.3 Å². The fraction of sp³-hybridized carbons (Fsp3) is 0.379. The number of nitrogens with zero attached hydrogens (tertiary/aromatic N) is 4. The van der Waals surface area contributed by atoms with Gasteiger partial charge in [-0.3, -0.25) is 4.31 Å². The summed E-state index contributed by atoms with van der Waals surface area (Å²) < 4.78 is 63.9. The molecule has 0 aliphatic heterocycles. The van der Waals surface area contributed by atoms with E-state index in [1.807, 2.05) is 47.4 Å². The molecule has 2 aromatic heterocycles. The Labute approximate surface area is 259 Å². The molecule has 1 saturated carbocycles. The summed E-state index contributed by atoms with van der Waals surface area (Å²) in [5.41, 5.74) is 3.51. The summed E-state index contributed by atoms with van der Waals surface area (Å²) in [4.78, 5) is 11.0. The minimum atomic E-state index is -4.30. The zero-order chi connectivity index (χ0) is 30.2. The van der Waals surface area contributed by atoms with Crippen LogP contribution in [0.2, 0.25) is 0 Å². The fourth-order valence-corrected chi connectivity index (χ4v) is 6.86. The molecule has 0 radical (unpaired) electrons. The van der Waals surface area contributed by atoms with Crippen molar-refractivity contribution in [3.05, 3.63) is 71.4 Å². The molecular weight excluding hydrogens is 623 g/mol. The van der Waals surface area contributed by atoms with Crippen LogP contribution < -0.4 is 14.5 Å². The third-order valence-corrected chi connectivity index (χ3v) is 9.90. The quantitative estimate of drug-likeness (QED) is 0.249. The van der Waals surface area contributed by atoms with Gasteiger partial charge >= 0.3 is 6.18 Å². The van der Waals surface area contributed by atoms with E-state index >= 15 is 0 Å². The van der Waals surface area contributed by atoms with Crippen molar-refractivity contribution in [2.75, 3.05) is 29.6 Å². The fourth-order valence-electron chi connectivity index (χ4n) is 5.34. The van der Waals surface area contributed by atoms with Crippen molar-refractivity contribution in [2.24, 2.45) is 0 Å². The van der Waals surface area contributed by atoms with Gasteiger partial charge < -0.3 is 15.3 Å². The summed E-state index contributed by atoms with van der Waals surface area (Å²) in [7, 11) is -0.0302. The molecule has 0 spiro atoms. The largest absolute Gasteiger partial charge is 0.393 e. The molecule has 1 fully saturated rings. The van der Waals surface area contributed by atoms with E-state index in [1.54, 1.807) is 13.1 Å². The highest BCUT2D eigenvalue weighted by molar-refractivity contribution is 7.92. The molecule has 0 unspecified atom stereocenters. The predicted octanol–water partition coefficient (Wildman–Crippen LogP) is 5.40. The lowest BCUT2D eigenvalue weighted by atomic mass is 10.0. The first-order valence-corrected chi connectivity index (χ1v) is 16.0. The van der Waals surface area contributed by atoms with Crippen molar-refractivity contribution in [1.29, 1.82) is 0 Å². The van der Waals surface area contributed by atoms with Gasteiger partial charge in [0.15, 0.2) is 0 Å². The van der Waals surface area contributed by atoms with E-state index in [-0.39, 0.29) is 29.4 Å². The molecule has 2 N–H and O–H groups in total. The first-order chi connectivity index (χ1) is 19.8. The SMILES string of the molecule is CN(c1ncnc2sc(CC(F)(F)F)cc12)[C@H]1C[C@@H](NCc2ccc(-c3cccc(N(C)S(C)(=O)=O)c3)cc2)C[C@H]1O.Cl. The lowest BCUT2D eigenvalue weighted by Gasteiger charge is -2.28. The maximum absolute atomic E-state index is 12.9. The van der Waals surface area contributed by atoms with Crippen LogP contribution in [0.5, 0.6) is 0 Å². The van der Waals surface area contributed by atoms with Gasteiger partial charge in [-0.2, -0.15) is 13.2 Å². The number of likely N-dealkylation sites (N-methyl/N-ethyl adjacent to an activating group) is 1. The Kier molecular flexibility index (Phi) is 9.92. The molecule has 4 aromatic rings. The number of aliphatic hydroxyl groups excluding tert-OH is 1. The summed E-state index contributed by atoms with van der Waals surface area (Å²) in [5, 5.41) is 15.0. The van der Waals surface area contributed by atoms with E-state index in [0.717, 1.165) is 28.0 Å². The molecule has 2 heterocycles. The maximum Gasteiger partial charge on any atom is 0.393 e. The van der Waals surface area contributed by atoms with Crippen molar-refractivity contribution in [2.45, 2.75) is 50.2 Å². The third kappa shape index (κ3) is 7.76. The molecule has 232 valence electrons. The topological polar surface area (TPSA) is 98.7 Å². The van der Waals surface area contributed by atoms with Gasteiger partial charge in [-0.05, 0) is 47.7 Å². The molecule has 3 atom stereocenters. The van der Waals surface area contributed by atoms with Crippen molar-refractivity contribution in [3.63, 3.8) is 0 Å². The highest BCUT2D eigenvalue weighted by atomic mass is 35.5. The Morgan fingerprint density at radius 2 is 1.77 bits per heavy atom. The molecule has 14 heteroatoms. The number of nitrogens with one attached hydrogen (secondary N) is 1. The Balaban J connectivity index is 0.00000423. The number of alkyl halides is 3. The Morgan fingerprint density at radius 3 is 2.44 bits per heavy atom.